The van der Waals surface area contributed by atoms with Crippen molar-refractivity contribution in [3.63, 3.8) is 0 Å². The number of halogens is 1. The minimum absolute atomic E-state index is 0.547. The number of nitrogens with zero attached hydrogens (tertiary/aromatic N) is 3. The molecule has 0 unspecified atom stereocenters. The van der Waals surface area contributed by atoms with Crippen LogP contribution in [0, 0.1) is 6.92 Å². The number of rotatable bonds is 6. The van der Waals surface area contributed by atoms with E-state index in [0.717, 1.165) is 23.8 Å². The maximum Gasteiger partial charge on any atom is 0.137 e. The lowest BCUT2D eigenvalue weighted by molar-refractivity contribution is 0.697. The summed E-state index contributed by atoms with van der Waals surface area (Å²) >= 11 is 6.22. The fourth-order valence-electron chi connectivity index (χ4n) is 2.09. The fraction of sp³-hybridized carbons (Fsp3) is 0.714. The monoisotopic (exact) mass is 267 g/mol. The van der Waals surface area contributed by atoms with Gasteiger partial charge in [-0.25, -0.2) is 9.97 Å². The summed E-state index contributed by atoms with van der Waals surface area (Å²) in [4.78, 5) is 11.3. The van der Waals surface area contributed by atoms with E-state index in [-0.39, 0.29) is 0 Å². The summed E-state index contributed by atoms with van der Waals surface area (Å²) in [6, 6.07) is 0. The molecule has 1 aliphatic rings. The Hall–Kier alpha value is -0.830. The molecule has 4 heteroatoms. The second-order valence-electron chi connectivity index (χ2n) is 5.22. The van der Waals surface area contributed by atoms with Gasteiger partial charge >= 0.3 is 0 Å². The molecular weight excluding hydrogens is 246 g/mol. The molecule has 0 bridgehead atoms. The van der Waals surface area contributed by atoms with Crippen molar-refractivity contribution in [2.45, 2.75) is 51.9 Å². The van der Waals surface area contributed by atoms with Crippen LogP contribution in [-0.2, 0) is 0 Å². The van der Waals surface area contributed by atoms with Crippen molar-refractivity contribution in [3.8, 4) is 0 Å². The highest BCUT2D eigenvalue weighted by molar-refractivity contribution is 6.30. The van der Waals surface area contributed by atoms with Crippen LogP contribution >= 0.6 is 11.6 Å². The molecule has 2 rings (SSSR count). The van der Waals surface area contributed by atoms with Gasteiger partial charge in [0, 0.05) is 25.1 Å². The highest BCUT2D eigenvalue weighted by Gasteiger charge is 2.28. The Morgan fingerprint density at radius 1 is 1.28 bits per heavy atom. The van der Waals surface area contributed by atoms with Gasteiger partial charge in [-0.15, -0.1) is 0 Å². The topological polar surface area (TPSA) is 29.0 Å². The molecular formula is C14H22ClN3. The van der Waals surface area contributed by atoms with Crippen LogP contribution in [0.4, 0.5) is 5.82 Å². The molecule has 0 amide bonds. The van der Waals surface area contributed by atoms with E-state index in [2.05, 4.69) is 23.9 Å². The standard InChI is InChI=1S/C14H22ClN3/c1-4-5-6-9-18(3)14-10(2)12(15)16-13(17-14)11-7-8-11/h11H,4-9H2,1-3H3. The van der Waals surface area contributed by atoms with Gasteiger partial charge in [-0.2, -0.15) is 0 Å². The van der Waals surface area contributed by atoms with Crippen molar-refractivity contribution in [3.05, 3.63) is 16.5 Å². The van der Waals surface area contributed by atoms with Gasteiger partial charge in [0.25, 0.3) is 0 Å². The quantitative estimate of drug-likeness (QED) is 0.577. The molecule has 1 heterocycles. The zero-order valence-electron chi connectivity index (χ0n) is 11.5. The SMILES string of the molecule is CCCCCN(C)c1nc(C2CC2)nc(Cl)c1C. The zero-order chi connectivity index (χ0) is 13.1. The van der Waals surface area contributed by atoms with Gasteiger partial charge in [0.05, 0.1) is 0 Å². The fourth-order valence-corrected chi connectivity index (χ4v) is 2.27. The lowest BCUT2D eigenvalue weighted by atomic mass is 10.2. The van der Waals surface area contributed by atoms with Crippen LogP contribution in [0.25, 0.3) is 0 Å². The number of unbranched alkanes of at least 4 members (excludes halogenated alkanes) is 2. The molecule has 100 valence electrons. The molecule has 0 aromatic carbocycles. The van der Waals surface area contributed by atoms with Gasteiger partial charge in [0.2, 0.25) is 0 Å². The van der Waals surface area contributed by atoms with Crippen molar-refractivity contribution in [1.29, 1.82) is 0 Å². The van der Waals surface area contributed by atoms with Gasteiger partial charge in [0.15, 0.2) is 0 Å². The van der Waals surface area contributed by atoms with E-state index in [1.807, 2.05) is 6.92 Å². The van der Waals surface area contributed by atoms with Gasteiger partial charge in [-0.3, -0.25) is 0 Å². The van der Waals surface area contributed by atoms with Gasteiger partial charge in [-0.05, 0) is 26.2 Å². The summed E-state index contributed by atoms with van der Waals surface area (Å²) < 4.78 is 0. The third-order valence-corrected chi connectivity index (χ3v) is 3.85. The van der Waals surface area contributed by atoms with Crippen LogP contribution in [0.5, 0.6) is 0 Å². The van der Waals surface area contributed by atoms with E-state index >= 15 is 0 Å². The smallest absolute Gasteiger partial charge is 0.137 e. The first-order valence-corrected chi connectivity index (χ1v) is 7.26. The minimum Gasteiger partial charge on any atom is -0.359 e. The van der Waals surface area contributed by atoms with Crippen LogP contribution in [-0.4, -0.2) is 23.6 Å². The first-order chi connectivity index (χ1) is 8.63. The van der Waals surface area contributed by atoms with Crippen LogP contribution in [0.15, 0.2) is 0 Å². The maximum atomic E-state index is 6.22. The molecule has 1 aromatic heterocycles. The Balaban J connectivity index is 2.14. The summed E-state index contributed by atoms with van der Waals surface area (Å²) in [5.74, 6) is 2.49. The van der Waals surface area contributed by atoms with E-state index in [1.54, 1.807) is 0 Å². The van der Waals surface area contributed by atoms with Crippen molar-refractivity contribution < 1.29 is 0 Å². The summed E-state index contributed by atoms with van der Waals surface area (Å²) in [7, 11) is 2.10. The second-order valence-corrected chi connectivity index (χ2v) is 5.58. The van der Waals surface area contributed by atoms with Crippen molar-refractivity contribution >= 4 is 17.4 Å². The number of hydrogen-bond acceptors (Lipinski definition) is 3. The molecule has 18 heavy (non-hydrogen) atoms. The lowest BCUT2D eigenvalue weighted by Gasteiger charge is -2.21. The zero-order valence-corrected chi connectivity index (χ0v) is 12.3. The predicted molar refractivity (Wildman–Crippen MR) is 76.5 cm³/mol. The minimum atomic E-state index is 0.547. The molecule has 0 spiro atoms. The first kappa shape index (κ1) is 13.6. The summed E-state index contributed by atoms with van der Waals surface area (Å²) in [5, 5.41) is 0.615. The Labute approximate surface area is 115 Å². The average molecular weight is 268 g/mol. The highest BCUT2D eigenvalue weighted by Crippen LogP contribution is 2.39. The van der Waals surface area contributed by atoms with Gasteiger partial charge < -0.3 is 4.90 Å². The molecule has 3 nitrogen and oxygen atoms in total. The third-order valence-electron chi connectivity index (χ3n) is 3.48. The van der Waals surface area contributed by atoms with Crippen LogP contribution in [0.2, 0.25) is 5.15 Å². The largest absolute Gasteiger partial charge is 0.359 e. The molecule has 0 saturated heterocycles. The lowest BCUT2D eigenvalue weighted by Crippen LogP contribution is -2.21. The van der Waals surface area contributed by atoms with E-state index in [1.165, 1.54) is 32.1 Å². The molecule has 1 fully saturated rings. The third kappa shape index (κ3) is 3.14. The Morgan fingerprint density at radius 3 is 2.61 bits per heavy atom. The number of hydrogen-bond donors (Lipinski definition) is 0. The predicted octanol–water partition coefficient (Wildman–Crippen LogP) is 3.94. The molecule has 0 radical (unpaired) electrons. The Kier molecular flexibility index (Phi) is 4.44. The van der Waals surface area contributed by atoms with E-state index in [9.17, 15) is 0 Å². The van der Waals surface area contributed by atoms with Crippen molar-refractivity contribution in [1.82, 2.24) is 9.97 Å². The van der Waals surface area contributed by atoms with E-state index < -0.39 is 0 Å². The van der Waals surface area contributed by atoms with E-state index in [0.29, 0.717) is 11.1 Å². The second kappa shape index (κ2) is 5.87. The van der Waals surface area contributed by atoms with Crippen molar-refractivity contribution in [2.24, 2.45) is 0 Å². The molecule has 1 aliphatic carbocycles. The number of aromatic nitrogens is 2. The highest BCUT2D eigenvalue weighted by atomic mass is 35.5. The maximum absolute atomic E-state index is 6.22. The Morgan fingerprint density at radius 2 is 2.00 bits per heavy atom. The molecule has 1 saturated carbocycles. The Bertz CT molecular complexity index is 416. The molecule has 0 aliphatic heterocycles. The average Bonchev–Trinajstić information content (AvgIpc) is 3.16. The van der Waals surface area contributed by atoms with Gasteiger partial charge in [-0.1, -0.05) is 31.4 Å². The number of anilines is 1. The van der Waals surface area contributed by atoms with Crippen LogP contribution < -0.4 is 4.90 Å². The summed E-state index contributed by atoms with van der Waals surface area (Å²) in [6.45, 7) is 5.26. The summed E-state index contributed by atoms with van der Waals surface area (Å²) in [5.41, 5.74) is 1.00. The molecule has 1 aromatic rings. The molecule has 0 N–H and O–H groups in total. The van der Waals surface area contributed by atoms with Crippen LogP contribution in [0.3, 0.4) is 0 Å². The molecule has 0 atom stereocenters. The van der Waals surface area contributed by atoms with Crippen molar-refractivity contribution in [2.75, 3.05) is 18.5 Å². The van der Waals surface area contributed by atoms with Crippen LogP contribution in [0.1, 0.15) is 56.3 Å². The van der Waals surface area contributed by atoms with Gasteiger partial charge in [0.1, 0.15) is 16.8 Å². The summed E-state index contributed by atoms with van der Waals surface area (Å²) in [6.07, 6.45) is 6.12. The normalized spacial score (nSPS) is 14.9. The van der Waals surface area contributed by atoms with E-state index in [4.69, 9.17) is 16.6 Å². The first-order valence-electron chi connectivity index (χ1n) is 6.88.